The van der Waals surface area contributed by atoms with Gasteiger partial charge in [0.2, 0.25) is 0 Å². The third-order valence-electron chi connectivity index (χ3n) is 3.23. The summed E-state index contributed by atoms with van der Waals surface area (Å²) in [6, 6.07) is 0. The topological polar surface area (TPSA) is 0 Å². The third kappa shape index (κ3) is 1.58. The van der Waals surface area contributed by atoms with Crippen molar-refractivity contribution < 1.29 is 0 Å². The first-order valence-corrected chi connectivity index (χ1v) is 6.10. The second-order valence-corrected chi connectivity index (χ2v) is 5.50. The van der Waals surface area contributed by atoms with E-state index in [1.54, 1.807) is 0 Å². The molecule has 0 aliphatic heterocycles. The van der Waals surface area contributed by atoms with Crippen molar-refractivity contribution in [2.24, 2.45) is 23.2 Å². The van der Waals surface area contributed by atoms with Crippen molar-refractivity contribution in [3.63, 3.8) is 0 Å². The molecule has 0 nitrogen and oxygen atoms in total. The highest BCUT2D eigenvalue weighted by Crippen LogP contribution is 2.54. The minimum Gasteiger partial charge on any atom is -0.0858 e. The Bertz CT molecular complexity index is 137. The Kier molecular flexibility index (Phi) is 2.88. The highest BCUT2D eigenvalue weighted by atomic mass is 127. The van der Waals surface area contributed by atoms with Gasteiger partial charge in [-0.3, -0.25) is 0 Å². The van der Waals surface area contributed by atoms with Crippen molar-refractivity contribution in [3.05, 3.63) is 0 Å². The summed E-state index contributed by atoms with van der Waals surface area (Å²) < 4.78 is 1.33. The van der Waals surface area contributed by atoms with E-state index in [0.29, 0.717) is 5.41 Å². The van der Waals surface area contributed by atoms with Gasteiger partial charge in [0, 0.05) is 4.43 Å². The Morgan fingerprint density at radius 2 is 2.09 bits per heavy atom. The molecule has 0 bridgehead atoms. The van der Waals surface area contributed by atoms with E-state index < -0.39 is 0 Å². The van der Waals surface area contributed by atoms with Gasteiger partial charge in [0.25, 0.3) is 0 Å². The maximum absolute atomic E-state index is 2.54. The molecule has 0 saturated heterocycles. The fraction of sp³-hybridized carbons (Fsp3) is 1.00. The molecule has 1 heteroatoms. The first kappa shape index (κ1) is 9.82. The molecule has 1 fully saturated rings. The van der Waals surface area contributed by atoms with E-state index in [-0.39, 0.29) is 0 Å². The molecular formula is C10H19I. The van der Waals surface area contributed by atoms with Crippen molar-refractivity contribution in [1.29, 1.82) is 0 Å². The fourth-order valence-corrected chi connectivity index (χ4v) is 3.95. The van der Waals surface area contributed by atoms with Crippen LogP contribution in [0.1, 0.15) is 34.1 Å². The van der Waals surface area contributed by atoms with Gasteiger partial charge < -0.3 is 0 Å². The van der Waals surface area contributed by atoms with Crippen molar-refractivity contribution in [2.75, 3.05) is 4.43 Å². The lowest BCUT2D eigenvalue weighted by molar-refractivity contribution is -0.0267. The van der Waals surface area contributed by atoms with E-state index in [2.05, 4.69) is 50.3 Å². The van der Waals surface area contributed by atoms with Crippen LogP contribution in [0.25, 0.3) is 0 Å². The monoisotopic (exact) mass is 266 g/mol. The van der Waals surface area contributed by atoms with Crippen molar-refractivity contribution in [3.8, 4) is 0 Å². The summed E-state index contributed by atoms with van der Waals surface area (Å²) in [5.74, 6) is 2.81. The molecule has 1 rings (SSSR count). The normalized spacial score (nSPS) is 44.2. The predicted octanol–water partition coefficient (Wildman–Crippen LogP) is 3.74. The van der Waals surface area contributed by atoms with E-state index in [0.717, 1.165) is 17.8 Å². The quantitative estimate of drug-likeness (QED) is 0.527. The molecule has 0 spiro atoms. The van der Waals surface area contributed by atoms with Gasteiger partial charge in [-0.25, -0.2) is 0 Å². The molecule has 0 aromatic heterocycles. The van der Waals surface area contributed by atoms with Crippen molar-refractivity contribution in [2.45, 2.75) is 34.1 Å². The molecule has 1 aliphatic rings. The Labute approximate surface area is 84.3 Å². The second-order valence-electron chi connectivity index (χ2n) is 4.74. The van der Waals surface area contributed by atoms with E-state index in [1.807, 2.05) is 0 Å². The first-order chi connectivity index (χ1) is 5.01. The molecule has 0 N–H and O–H groups in total. The van der Waals surface area contributed by atoms with Crippen LogP contribution in [-0.2, 0) is 0 Å². The average molecular weight is 266 g/mol. The Hall–Kier alpha value is 0.730. The SMILES string of the molecule is CC(C)C1C(C)CC1(C)CI. The number of alkyl halides is 1. The van der Waals surface area contributed by atoms with Gasteiger partial charge >= 0.3 is 0 Å². The zero-order valence-electron chi connectivity index (χ0n) is 8.02. The van der Waals surface area contributed by atoms with Crippen LogP contribution in [-0.4, -0.2) is 4.43 Å². The lowest BCUT2D eigenvalue weighted by atomic mass is 9.53. The number of halogens is 1. The van der Waals surface area contributed by atoms with Crippen molar-refractivity contribution in [1.82, 2.24) is 0 Å². The summed E-state index contributed by atoms with van der Waals surface area (Å²) in [5, 5.41) is 0. The standard InChI is InChI=1S/C10H19I/c1-7(2)9-8(3)5-10(9,4)6-11/h7-9H,5-6H2,1-4H3. The van der Waals surface area contributed by atoms with Crippen LogP contribution >= 0.6 is 22.6 Å². The van der Waals surface area contributed by atoms with Gasteiger partial charge in [-0.15, -0.1) is 0 Å². The fourth-order valence-electron chi connectivity index (χ4n) is 3.13. The summed E-state index contributed by atoms with van der Waals surface area (Å²) in [4.78, 5) is 0. The van der Waals surface area contributed by atoms with Gasteiger partial charge in [-0.2, -0.15) is 0 Å². The van der Waals surface area contributed by atoms with Gasteiger partial charge in [0.1, 0.15) is 0 Å². The van der Waals surface area contributed by atoms with Crippen LogP contribution in [0.15, 0.2) is 0 Å². The molecule has 0 heterocycles. The van der Waals surface area contributed by atoms with Crippen LogP contribution in [0.2, 0.25) is 0 Å². The van der Waals surface area contributed by atoms with E-state index in [9.17, 15) is 0 Å². The smallest absolute Gasteiger partial charge is 0.00523 e. The van der Waals surface area contributed by atoms with Gasteiger partial charge in [0.15, 0.2) is 0 Å². The molecule has 0 aromatic rings. The summed E-state index contributed by atoms with van der Waals surface area (Å²) in [6.07, 6.45) is 1.44. The minimum atomic E-state index is 0.661. The molecule has 0 radical (unpaired) electrons. The molecule has 11 heavy (non-hydrogen) atoms. The highest BCUT2D eigenvalue weighted by Gasteiger charge is 2.48. The van der Waals surface area contributed by atoms with Crippen LogP contribution in [0.3, 0.4) is 0 Å². The van der Waals surface area contributed by atoms with Crippen LogP contribution < -0.4 is 0 Å². The lowest BCUT2D eigenvalue weighted by Gasteiger charge is -2.54. The molecule has 0 aromatic carbocycles. The van der Waals surface area contributed by atoms with Crippen LogP contribution in [0, 0.1) is 23.2 Å². The first-order valence-electron chi connectivity index (χ1n) is 4.57. The van der Waals surface area contributed by atoms with Crippen LogP contribution in [0.4, 0.5) is 0 Å². The second kappa shape index (κ2) is 3.23. The summed E-state index contributed by atoms with van der Waals surface area (Å²) in [5.41, 5.74) is 0.661. The minimum absolute atomic E-state index is 0.661. The summed E-state index contributed by atoms with van der Waals surface area (Å²) >= 11 is 2.54. The van der Waals surface area contributed by atoms with E-state index in [4.69, 9.17) is 0 Å². The zero-order valence-corrected chi connectivity index (χ0v) is 10.2. The Morgan fingerprint density at radius 3 is 2.27 bits per heavy atom. The highest BCUT2D eigenvalue weighted by molar-refractivity contribution is 14.1. The van der Waals surface area contributed by atoms with Crippen molar-refractivity contribution >= 4 is 22.6 Å². The average Bonchev–Trinajstić information content (AvgIpc) is 1.84. The largest absolute Gasteiger partial charge is 0.0858 e. The lowest BCUT2D eigenvalue weighted by Crippen LogP contribution is -2.48. The molecular weight excluding hydrogens is 247 g/mol. The number of rotatable bonds is 2. The molecule has 1 aliphatic carbocycles. The maximum atomic E-state index is 2.54. The zero-order chi connectivity index (χ0) is 8.65. The van der Waals surface area contributed by atoms with Gasteiger partial charge in [0.05, 0.1) is 0 Å². The number of hydrogen-bond acceptors (Lipinski definition) is 0. The van der Waals surface area contributed by atoms with E-state index >= 15 is 0 Å². The number of hydrogen-bond donors (Lipinski definition) is 0. The maximum Gasteiger partial charge on any atom is 0.00523 e. The Morgan fingerprint density at radius 1 is 1.55 bits per heavy atom. The molecule has 3 atom stereocenters. The molecule has 0 amide bonds. The van der Waals surface area contributed by atoms with E-state index in [1.165, 1.54) is 10.8 Å². The molecule has 3 unspecified atom stereocenters. The van der Waals surface area contributed by atoms with Gasteiger partial charge in [-0.05, 0) is 29.6 Å². The Balaban J connectivity index is 2.61. The molecule has 66 valence electrons. The van der Waals surface area contributed by atoms with Gasteiger partial charge in [-0.1, -0.05) is 50.3 Å². The third-order valence-corrected chi connectivity index (χ3v) is 4.97. The summed E-state index contributed by atoms with van der Waals surface area (Å²) in [7, 11) is 0. The van der Waals surface area contributed by atoms with Crippen LogP contribution in [0.5, 0.6) is 0 Å². The molecule has 1 saturated carbocycles. The predicted molar refractivity (Wildman–Crippen MR) is 59.1 cm³/mol. The summed E-state index contributed by atoms with van der Waals surface area (Å²) in [6.45, 7) is 9.58.